The Bertz CT molecular complexity index is 254. The van der Waals surface area contributed by atoms with Crippen LogP contribution in [-0.4, -0.2) is 5.12 Å². The van der Waals surface area contributed by atoms with Crippen LogP contribution in [0.2, 0.25) is 0 Å². The fourth-order valence-electron chi connectivity index (χ4n) is 0.718. The topological polar surface area (TPSA) is 17.1 Å². The zero-order valence-corrected chi connectivity index (χ0v) is 6.80. The number of carbonyl (C=O) groups excluding carboxylic acids is 1. The van der Waals surface area contributed by atoms with Gasteiger partial charge < -0.3 is 0 Å². The van der Waals surface area contributed by atoms with Gasteiger partial charge in [-0.25, -0.2) is 0 Å². The van der Waals surface area contributed by atoms with Crippen molar-refractivity contribution in [3.05, 3.63) is 47.9 Å². The standard InChI is InChI=1S/C9H8OS/c1-2-11-9(10)8-6-4-3-5-7-8/h2-7H,1H2. The molecule has 11 heavy (non-hydrogen) atoms. The maximum absolute atomic E-state index is 11.1. The maximum Gasteiger partial charge on any atom is 0.223 e. The number of thioether (sulfide) groups is 1. The number of benzene rings is 1. The van der Waals surface area contributed by atoms with Crippen molar-refractivity contribution >= 4 is 16.9 Å². The molecule has 1 rings (SSSR count). The minimum Gasteiger partial charge on any atom is -0.281 e. The van der Waals surface area contributed by atoms with Crippen LogP contribution in [0, 0.1) is 0 Å². The lowest BCUT2D eigenvalue weighted by atomic mass is 10.2. The van der Waals surface area contributed by atoms with E-state index in [2.05, 4.69) is 6.58 Å². The third kappa shape index (κ3) is 2.24. The molecule has 0 heterocycles. The van der Waals surface area contributed by atoms with E-state index in [-0.39, 0.29) is 5.12 Å². The molecule has 1 aromatic carbocycles. The summed E-state index contributed by atoms with van der Waals surface area (Å²) < 4.78 is 0. The Morgan fingerprint density at radius 3 is 2.55 bits per heavy atom. The molecule has 0 unspecified atom stereocenters. The van der Waals surface area contributed by atoms with Crippen molar-refractivity contribution in [2.75, 3.05) is 0 Å². The van der Waals surface area contributed by atoms with Crippen molar-refractivity contribution in [3.63, 3.8) is 0 Å². The van der Waals surface area contributed by atoms with Gasteiger partial charge in [-0.1, -0.05) is 48.7 Å². The summed E-state index contributed by atoms with van der Waals surface area (Å²) in [5.74, 6) is 0. The van der Waals surface area contributed by atoms with Gasteiger partial charge in [0.2, 0.25) is 5.12 Å². The predicted octanol–water partition coefficient (Wildman–Crippen LogP) is 2.70. The Kier molecular flexibility index (Phi) is 2.93. The zero-order chi connectivity index (χ0) is 8.10. The van der Waals surface area contributed by atoms with E-state index in [0.717, 1.165) is 17.3 Å². The molecule has 1 nitrogen and oxygen atoms in total. The number of hydrogen-bond donors (Lipinski definition) is 0. The molecule has 2 heteroatoms. The molecule has 0 aliphatic carbocycles. The van der Waals surface area contributed by atoms with Crippen molar-refractivity contribution in [2.45, 2.75) is 0 Å². The van der Waals surface area contributed by atoms with E-state index in [1.54, 1.807) is 12.1 Å². The molecule has 0 amide bonds. The van der Waals surface area contributed by atoms with Crippen LogP contribution in [0.4, 0.5) is 0 Å². The van der Waals surface area contributed by atoms with Crippen LogP contribution < -0.4 is 0 Å². The minimum atomic E-state index is 0.0422. The third-order valence-corrected chi connectivity index (χ3v) is 1.82. The van der Waals surface area contributed by atoms with Crippen LogP contribution in [0.15, 0.2) is 42.3 Å². The van der Waals surface area contributed by atoms with Crippen molar-refractivity contribution in [2.24, 2.45) is 0 Å². The van der Waals surface area contributed by atoms with E-state index in [9.17, 15) is 4.79 Å². The predicted molar refractivity (Wildman–Crippen MR) is 48.6 cm³/mol. The molecule has 0 fully saturated rings. The highest BCUT2D eigenvalue weighted by molar-refractivity contribution is 8.16. The molecule has 56 valence electrons. The zero-order valence-electron chi connectivity index (χ0n) is 5.99. The Balaban J connectivity index is 2.77. The SMILES string of the molecule is C=CSC(=O)c1ccccc1. The first kappa shape index (κ1) is 8.08. The second-order valence-corrected chi connectivity index (χ2v) is 2.88. The second-order valence-electron chi connectivity index (χ2n) is 1.94. The lowest BCUT2D eigenvalue weighted by molar-refractivity contribution is 0.109. The highest BCUT2D eigenvalue weighted by Gasteiger charge is 2.00. The van der Waals surface area contributed by atoms with Crippen LogP contribution in [0.1, 0.15) is 10.4 Å². The molecule has 0 aromatic heterocycles. The van der Waals surface area contributed by atoms with Crippen LogP contribution in [0.25, 0.3) is 0 Å². The van der Waals surface area contributed by atoms with Gasteiger partial charge in [0, 0.05) is 5.56 Å². The molecular weight excluding hydrogens is 156 g/mol. The Hall–Kier alpha value is -1.02. The summed E-state index contributed by atoms with van der Waals surface area (Å²) in [4.78, 5) is 11.1. The molecule has 0 saturated heterocycles. The molecule has 0 N–H and O–H groups in total. The van der Waals surface area contributed by atoms with Gasteiger partial charge in [-0.05, 0) is 5.41 Å². The Morgan fingerprint density at radius 1 is 1.36 bits per heavy atom. The molecule has 0 aliphatic heterocycles. The summed E-state index contributed by atoms with van der Waals surface area (Å²) in [5.41, 5.74) is 0.720. The van der Waals surface area contributed by atoms with Crippen LogP contribution in [0.5, 0.6) is 0 Å². The normalized spacial score (nSPS) is 9.09. The lowest BCUT2D eigenvalue weighted by Crippen LogP contribution is -1.89. The maximum atomic E-state index is 11.1. The first-order valence-corrected chi connectivity index (χ1v) is 4.09. The Morgan fingerprint density at radius 2 is 2.00 bits per heavy atom. The second kappa shape index (κ2) is 3.98. The van der Waals surface area contributed by atoms with Crippen LogP contribution >= 0.6 is 11.8 Å². The average molecular weight is 164 g/mol. The van der Waals surface area contributed by atoms with Crippen molar-refractivity contribution in [1.29, 1.82) is 0 Å². The van der Waals surface area contributed by atoms with Gasteiger partial charge in [-0.3, -0.25) is 4.79 Å². The van der Waals surface area contributed by atoms with Crippen LogP contribution in [0.3, 0.4) is 0 Å². The summed E-state index contributed by atoms with van der Waals surface area (Å²) in [6.07, 6.45) is 0. The van der Waals surface area contributed by atoms with Crippen molar-refractivity contribution in [3.8, 4) is 0 Å². The molecular formula is C9H8OS. The fraction of sp³-hybridized carbons (Fsp3) is 0. The van der Waals surface area contributed by atoms with E-state index < -0.39 is 0 Å². The first-order valence-electron chi connectivity index (χ1n) is 3.21. The highest BCUT2D eigenvalue weighted by Crippen LogP contribution is 2.11. The quantitative estimate of drug-likeness (QED) is 0.668. The molecule has 0 atom stereocenters. The Labute approximate surface area is 70.1 Å². The minimum absolute atomic E-state index is 0.0422. The van der Waals surface area contributed by atoms with E-state index in [1.165, 1.54) is 5.41 Å². The molecule has 1 aromatic rings. The molecule has 0 bridgehead atoms. The van der Waals surface area contributed by atoms with E-state index in [0.29, 0.717) is 0 Å². The van der Waals surface area contributed by atoms with E-state index in [1.807, 2.05) is 18.2 Å². The first-order chi connectivity index (χ1) is 5.34. The van der Waals surface area contributed by atoms with Gasteiger partial charge in [-0.15, -0.1) is 0 Å². The van der Waals surface area contributed by atoms with E-state index in [4.69, 9.17) is 0 Å². The summed E-state index contributed by atoms with van der Waals surface area (Å²) in [6.45, 7) is 3.47. The van der Waals surface area contributed by atoms with Crippen molar-refractivity contribution < 1.29 is 4.79 Å². The highest BCUT2D eigenvalue weighted by atomic mass is 32.2. The molecule has 0 saturated carbocycles. The summed E-state index contributed by atoms with van der Waals surface area (Å²) in [7, 11) is 0. The van der Waals surface area contributed by atoms with Crippen molar-refractivity contribution in [1.82, 2.24) is 0 Å². The van der Waals surface area contributed by atoms with Gasteiger partial charge in [0.15, 0.2) is 0 Å². The number of rotatable bonds is 2. The van der Waals surface area contributed by atoms with Crippen LogP contribution in [-0.2, 0) is 0 Å². The van der Waals surface area contributed by atoms with Gasteiger partial charge in [0.25, 0.3) is 0 Å². The van der Waals surface area contributed by atoms with Gasteiger partial charge in [0.1, 0.15) is 0 Å². The smallest absolute Gasteiger partial charge is 0.223 e. The molecule has 0 aliphatic rings. The van der Waals surface area contributed by atoms with Gasteiger partial charge in [0.05, 0.1) is 0 Å². The summed E-state index contributed by atoms with van der Waals surface area (Å²) in [5, 5.41) is 1.58. The summed E-state index contributed by atoms with van der Waals surface area (Å²) >= 11 is 1.11. The van der Waals surface area contributed by atoms with Gasteiger partial charge in [-0.2, -0.15) is 0 Å². The lowest BCUT2D eigenvalue weighted by Gasteiger charge is -1.93. The monoisotopic (exact) mass is 164 g/mol. The fourth-order valence-corrected chi connectivity index (χ4v) is 1.14. The number of hydrogen-bond acceptors (Lipinski definition) is 2. The van der Waals surface area contributed by atoms with E-state index >= 15 is 0 Å². The third-order valence-electron chi connectivity index (χ3n) is 1.20. The molecule has 0 radical (unpaired) electrons. The number of carbonyl (C=O) groups is 1. The molecule has 0 spiro atoms. The average Bonchev–Trinajstić information content (AvgIpc) is 2.07. The summed E-state index contributed by atoms with van der Waals surface area (Å²) in [6, 6.07) is 9.15. The van der Waals surface area contributed by atoms with Gasteiger partial charge >= 0.3 is 0 Å². The largest absolute Gasteiger partial charge is 0.281 e.